The van der Waals surface area contributed by atoms with Crippen molar-refractivity contribution < 1.29 is 4.79 Å². The van der Waals surface area contributed by atoms with Crippen molar-refractivity contribution in [1.29, 1.82) is 0 Å². The van der Waals surface area contributed by atoms with Crippen LogP contribution in [0, 0.1) is 0 Å². The van der Waals surface area contributed by atoms with Crippen molar-refractivity contribution in [2.24, 2.45) is 0 Å². The monoisotopic (exact) mass is 249 g/mol. The average molecular weight is 250 g/mol. The number of hydrogen-bond acceptors (Lipinski definition) is 5. The van der Waals surface area contributed by atoms with Crippen LogP contribution in [0.5, 0.6) is 0 Å². The highest BCUT2D eigenvalue weighted by molar-refractivity contribution is 6.31. The van der Waals surface area contributed by atoms with Crippen LogP contribution in [0.1, 0.15) is 6.42 Å². The zero-order valence-corrected chi connectivity index (χ0v) is 9.43. The summed E-state index contributed by atoms with van der Waals surface area (Å²) in [4.78, 5) is 22.0. The van der Waals surface area contributed by atoms with Crippen LogP contribution in [-0.4, -0.2) is 34.5 Å². The molecule has 8 heteroatoms. The van der Waals surface area contributed by atoms with Gasteiger partial charge in [-0.25, -0.2) is 0 Å². The van der Waals surface area contributed by atoms with E-state index in [-0.39, 0.29) is 22.4 Å². The zero-order valence-electron chi connectivity index (χ0n) is 7.92. The maximum absolute atomic E-state index is 10.9. The highest BCUT2D eigenvalue weighted by Crippen LogP contribution is 2.09. The molecule has 0 aromatic carbocycles. The summed E-state index contributed by atoms with van der Waals surface area (Å²) in [5.74, 6) is 0.178. The molecule has 1 aromatic rings. The molecular formula is C7H9Cl2N5O. The molecule has 0 bridgehead atoms. The van der Waals surface area contributed by atoms with Crippen LogP contribution in [0.25, 0.3) is 0 Å². The largest absolute Gasteiger partial charge is 0.359 e. The average Bonchev–Trinajstić information content (AvgIpc) is 2.16. The summed E-state index contributed by atoms with van der Waals surface area (Å²) in [5.41, 5.74) is 0. The van der Waals surface area contributed by atoms with Gasteiger partial charge in [0.15, 0.2) is 0 Å². The first-order valence-electron chi connectivity index (χ1n) is 4.13. The van der Waals surface area contributed by atoms with Gasteiger partial charge in [-0.15, -0.1) is 0 Å². The summed E-state index contributed by atoms with van der Waals surface area (Å²) >= 11 is 11.1. The third-order valence-electron chi connectivity index (χ3n) is 1.49. The third-order valence-corrected chi connectivity index (χ3v) is 1.83. The van der Waals surface area contributed by atoms with Crippen molar-refractivity contribution in [2.45, 2.75) is 6.42 Å². The lowest BCUT2D eigenvalue weighted by atomic mass is 10.4. The molecule has 15 heavy (non-hydrogen) atoms. The Kier molecular flexibility index (Phi) is 4.51. The number of nitrogens with zero attached hydrogens (tertiary/aromatic N) is 3. The summed E-state index contributed by atoms with van der Waals surface area (Å²) in [7, 11) is 1.57. The van der Waals surface area contributed by atoms with E-state index in [1.54, 1.807) is 7.05 Å². The normalized spacial score (nSPS) is 9.80. The van der Waals surface area contributed by atoms with Gasteiger partial charge in [0.2, 0.25) is 22.4 Å². The first-order chi connectivity index (χ1) is 7.11. The Bertz CT molecular complexity index is 339. The molecule has 0 aliphatic heterocycles. The SMILES string of the molecule is CNC(=O)CCNc1nc(Cl)nc(Cl)n1. The predicted molar refractivity (Wildman–Crippen MR) is 57.0 cm³/mol. The van der Waals surface area contributed by atoms with Gasteiger partial charge in [0.1, 0.15) is 0 Å². The topological polar surface area (TPSA) is 79.8 Å². The number of carbonyl (C=O) groups excluding carboxylic acids is 1. The zero-order chi connectivity index (χ0) is 11.3. The first-order valence-corrected chi connectivity index (χ1v) is 4.89. The molecule has 0 aliphatic carbocycles. The molecule has 0 unspecified atom stereocenters. The number of amides is 1. The fourth-order valence-electron chi connectivity index (χ4n) is 0.818. The number of anilines is 1. The van der Waals surface area contributed by atoms with E-state index in [9.17, 15) is 4.79 Å². The van der Waals surface area contributed by atoms with Gasteiger partial charge in [-0.05, 0) is 23.2 Å². The molecule has 0 saturated heterocycles. The summed E-state index contributed by atoms with van der Waals surface area (Å²) in [5, 5.41) is 5.31. The fourth-order valence-corrected chi connectivity index (χ4v) is 1.18. The van der Waals surface area contributed by atoms with Crippen molar-refractivity contribution in [2.75, 3.05) is 18.9 Å². The molecule has 1 rings (SSSR count). The van der Waals surface area contributed by atoms with Crippen molar-refractivity contribution in [3.63, 3.8) is 0 Å². The van der Waals surface area contributed by atoms with Gasteiger partial charge in [-0.3, -0.25) is 4.79 Å². The fraction of sp³-hybridized carbons (Fsp3) is 0.429. The Balaban J connectivity index is 2.47. The molecule has 1 aromatic heterocycles. The lowest BCUT2D eigenvalue weighted by molar-refractivity contribution is -0.120. The smallest absolute Gasteiger partial charge is 0.228 e. The lowest BCUT2D eigenvalue weighted by Crippen LogP contribution is -2.21. The minimum Gasteiger partial charge on any atom is -0.359 e. The maximum Gasteiger partial charge on any atom is 0.228 e. The van der Waals surface area contributed by atoms with E-state index < -0.39 is 0 Å². The second-order valence-electron chi connectivity index (χ2n) is 2.55. The molecule has 1 amide bonds. The number of rotatable bonds is 4. The van der Waals surface area contributed by atoms with E-state index in [2.05, 4.69) is 25.6 Å². The Hall–Kier alpha value is -1.14. The first kappa shape index (κ1) is 11.9. The number of carbonyl (C=O) groups is 1. The van der Waals surface area contributed by atoms with Gasteiger partial charge < -0.3 is 10.6 Å². The molecular weight excluding hydrogens is 241 g/mol. The Morgan fingerprint density at radius 3 is 2.40 bits per heavy atom. The van der Waals surface area contributed by atoms with E-state index in [0.29, 0.717) is 13.0 Å². The van der Waals surface area contributed by atoms with Gasteiger partial charge in [-0.2, -0.15) is 15.0 Å². The van der Waals surface area contributed by atoms with E-state index >= 15 is 0 Å². The van der Waals surface area contributed by atoms with Crippen LogP contribution < -0.4 is 10.6 Å². The molecule has 2 N–H and O–H groups in total. The van der Waals surface area contributed by atoms with E-state index in [1.165, 1.54) is 0 Å². The molecule has 1 heterocycles. The summed E-state index contributed by atoms with van der Waals surface area (Å²) in [6.45, 7) is 0.399. The van der Waals surface area contributed by atoms with Crippen LogP contribution in [0.15, 0.2) is 0 Å². The van der Waals surface area contributed by atoms with Gasteiger partial charge in [-0.1, -0.05) is 0 Å². The lowest BCUT2D eigenvalue weighted by Gasteiger charge is -2.03. The predicted octanol–water partition coefficient (Wildman–Crippen LogP) is 0.726. The van der Waals surface area contributed by atoms with Gasteiger partial charge in [0.05, 0.1) is 0 Å². The van der Waals surface area contributed by atoms with Crippen molar-refractivity contribution >= 4 is 35.1 Å². The van der Waals surface area contributed by atoms with Crippen molar-refractivity contribution in [1.82, 2.24) is 20.3 Å². The molecule has 0 atom stereocenters. The van der Waals surface area contributed by atoms with E-state index in [0.717, 1.165) is 0 Å². The van der Waals surface area contributed by atoms with Crippen LogP contribution in [-0.2, 0) is 4.79 Å². The highest BCUT2D eigenvalue weighted by atomic mass is 35.5. The quantitative estimate of drug-likeness (QED) is 0.823. The maximum atomic E-state index is 10.9. The highest BCUT2D eigenvalue weighted by Gasteiger charge is 2.03. The van der Waals surface area contributed by atoms with E-state index in [4.69, 9.17) is 23.2 Å². The molecule has 0 radical (unpaired) electrons. The molecule has 6 nitrogen and oxygen atoms in total. The van der Waals surface area contributed by atoms with Crippen molar-refractivity contribution in [3.05, 3.63) is 10.6 Å². The minimum absolute atomic E-state index is 0.0115. The van der Waals surface area contributed by atoms with Gasteiger partial charge in [0.25, 0.3) is 0 Å². The summed E-state index contributed by atoms with van der Waals surface area (Å²) < 4.78 is 0. The van der Waals surface area contributed by atoms with Crippen LogP contribution in [0.2, 0.25) is 10.6 Å². The van der Waals surface area contributed by atoms with Gasteiger partial charge in [0, 0.05) is 20.0 Å². The van der Waals surface area contributed by atoms with Crippen LogP contribution in [0.3, 0.4) is 0 Å². The standard InChI is InChI=1S/C7H9Cl2N5O/c1-10-4(15)2-3-11-7-13-5(8)12-6(9)14-7/h2-3H2,1H3,(H,10,15)(H,11,12,13,14). The number of hydrogen-bond donors (Lipinski definition) is 2. The molecule has 0 saturated carbocycles. The van der Waals surface area contributed by atoms with Gasteiger partial charge >= 0.3 is 0 Å². The molecule has 0 spiro atoms. The van der Waals surface area contributed by atoms with Crippen molar-refractivity contribution in [3.8, 4) is 0 Å². The molecule has 0 fully saturated rings. The third kappa shape index (κ3) is 4.26. The Morgan fingerprint density at radius 1 is 1.27 bits per heavy atom. The van der Waals surface area contributed by atoms with Crippen LogP contribution >= 0.6 is 23.2 Å². The Labute approximate surface area is 96.4 Å². The molecule has 0 aliphatic rings. The van der Waals surface area contributed by atoms with E-state index in [1.807, 2.05) is 0 Å². The van der Waals surface area contributed by atoms with Crippen LogP contribution in [0.4, 0.5) is 5.95 Å². The number of nitrogens with one attached hydrogen (secondary N) is 2. The second kappa shape index (κ2) is 5.67. The summed E-state index contributed by atoms with van der Waals surface area (Å²) in [6, 6.07) is 0. The summed E-state index contributed by atoms with van der Waals surface area (Å²) in [6.07, 6.45) is 0.317. The molecule has 82 valence electrons. The minimum atomic E-state index is -0.0752. The Morgan fingerprint density at radius 2 is 1.87 bits per heavy atom. The second-order valence-corrected chi connectivity index (χ2v) is 3.22. The number of halogens is 2. The number of aromatic nitrogens is 3.